The monoisotopic (exact) mass is 370 g/mol. The third kappa shape index (κ3) is 2.74. The molecule has 0 bridgehead atoms. The number of allylic oxidation sites excluding steroid dienone is 1. The summed E-state index contributed by atoms with van der Waals surface area (Å²) in [4.78, 5) is 0. The summed E-state index contributed by atoms with van der Waals surface area (Å²) in [5, 5.41) is 0. The van der Waals surface area contributed by atoms with Crippen LogP contribution >= 0.6 is 45.2 Å². The molecule has 1 aromatic rings. The van der Waals surface area contributed by atoms with Crippen molar-refractivity contribution in [3.63, 3.8) is 0 Å². The first-order chi connectivity index (χ1) is 5.09. The molecule has 1 rings (SSSR count). The molecule has 1 aromatic carbocycles. The fourth-order valence-electron chi connectivity index (χ4n) is 0.800. The molecule has 2 heteroatoms. The molecule has 0 aliphatic rings. The predicted octanol–water partition coefficient (Wildman–Crippen LogP) is 3.93. The van der Waals surface area contributed by atoms with Crippen LogP contribution in [0.25, 0.3) is 5.57 Å². The minimum atomic E-state index is 1.13. The van der Waals surface area contributed by atoms with Crippen LogP contribution < -0.4 is 0 Å². The summed E-state index contributed by atoms with van der Waals surface area (Å²) in [6.07, 6.45) is 0. The van der Waals surface area contributed by atoms with E-state index in [0.29, 0.717) is 0 Å². The SMILES string of the molecule is C=C(C)c1cc(I)cc(I)c1. The van der Waals surface area contributed by atoms with Crippen molar-refractivity contribution in [1.82, 2.24) is 0 Å². The quantitative estimate of drug-likeness (QED) is 0.658. The zero-order valence-electron chi connectivity index (χ0n) is 6.20. The molecule has 0 saturated carbocycles. The maximum absolute atomic E-state index is 3.90. The van der Waals surface area contributed by atoms with E-state index in [-0.39, 0.29) is 0 Å². The van der Waals surface area contributed by atoms with Gasteiger partial charge in [-0.15, -0.1) is 0 Å². The molecule has 0 heterocycles. The fraction of sp³-hybridized carbons (Fsp3) is 0.111. The van der Waals surface area contributed by atoms with Crippen LogP contribution in [0.5, 0.6) is 0 Å². The van der Waals surface area contributed by atoms with E-state index >= 15 is 0 Å². The molecule has 0 atom stereocenters. The van der Waals surface area contributed by atoms with Gasteiger partial charge in [0.2, 0.25) is 0 Å². The molecule has 0 nitrogen and oxygen atoms in total. The van der Waals surface area contributed by atoms with Crippen LogP contribution in [0.2, 0.25) is 0 Å². The Morgan fingerprint density at radius 2 is 1.64 bits per heavy atom. The molecule has 0 amide bonds. The molecule has 0 unspecified atom stereocenters. The summed E-state index contributed by atoms with van der Waals surface area (Å²) >= 11 is 4.64. The van der Waals surface area contributed by atoms with Gasteiger partial charge in [-0.3, -0.25) is 0 Å². The van der Waals surface area contributed by atoms with Gasteiger partial charge in [0.1, 0.15) is 0 Å². The van der Waals surface area contributed by atoms with Gasteiger partial charge in [0.15, 0.2) is 0 Å². The van der Waals surface area contributed by atoms with E-state index in [1.165, 1.54) is 12.7 Å². The minimum Gasteiger partial charge on any atom is -0.0955 e. The molecule has 0 saturated heterocycles. The number of rotatable bonds is 1. The maximum atomic E-state index is 3.90. The summed E-state index contributed by atoms with van der Waals surface area (Å²) in [5.41, 5.74) is 2.36. The Hall–Kier alpha value is 0.420. The van der Waals surface area contributed by atoms with Gasteiger partial charge in [-0.2, -0.15) is 0 Å². The number of hydrogen-bond donors (Lipinski definition) is 0. The summed E-state index contributed by atoms with van der Waals surface area (Å²) in [5.74, 6) is 0. The fourth-order valence-corrected chi connectivity index (χ4v) is 2.74. The highest BCUT2D eigenvalue weighted by molar-refractivity contribution is 14.1. The van der Waals surface area contributed by atoms with Crippen LogP contribution in [0.3, 0.4) is 0 Å². The standard InChI is InChI=1S/C9H8I2/c1-6(2)7-3-8(10)5-9(11)4-7/h3-5H,1H2,2H3. The molecule has 58 valence electrons. The van der Waals surface area contributed by atoms with E-state index in [4.69, 9.17) is 0 Å². The highest BCUT2D eigenvalue weighted by Crippen LogP contribution is 2.18. The van der Waals surface area contributed by atoms with Gasteiger partial charge in [0.05, 0.1) is 0 Å². The minimum absolute atomic E-state index is 1.13. The number of hydrogen-bond acceptors (Lipinski definition) is 0. The van der Waals surface area contributed by atoms with Crippen LogP contribution in [-0.2, 0) is 0 Å². The van der Waals surface area contributed by atoms with Crippen molar-refractivity contribution in [3.8, 4) is 0 Å². The largest absolute Gasteiger partial charge is 0.0955 e. The average molecular weight is 370 g/mol. The normalized spacial score (nSPS) is 9.73. The van der Waals surface area contributed by atoms with Crippen LogP contribution in [0.15, 0.2) is 24.8 Å². The molecular weight excluding hydrogens is 362 g/mol. The van der Waals surface area contributed by atoms with Crippen molar-refractivity contribution in [2.45, 2.75) is 6.92 Å². The maximum Gasteiger partial charge on any atom is 0.0146 e. The first-order valence-electron chi connectivity index (χ1n) is 3.21. The van der Waals surface area contributed by atoms with E-state index in [1.807, 2.05) is 6.92 Å². The van der Waals surface area contributed by atoms with E-state index in [0.717, 1.165) is 5.57 Å². The van der Waals surface area contributed by atoms with Gasteiger partial charge in [-0.25, -0.2) is 0 Å². The van der Waals surface area contributed by atoms with Crippen molar-refractivity contribution in [2.75, 3.05) is 0 Å². The Bertz CT molecular complexity index is 269. The van der Waals surface area contributed by atoms with Gasteiger partial charge in [-0.1, -0.05) is 12.2 Å². The first kappa shape index (κ1) is 9.51. The smallest absolute Gasteiger partial charge is 0.0146 e. The summed E-state index contributed by atoms with van der Waals surface area (Å²) in [6.45, 7) is 5.93. The van der Waals surface area contributed by atoms with Crippen LogP contribution in [-0.4, -0.2) is 0 Å². The van der Waals surface area contributed by atoms with Crippen molar-refractivity contribution >= 4 is 50.8 Å². The van der Waals surface area contributed by atoms with E-state index in [9.17, 15) is 0 Å². The third-order valence-electron chi connectivity index (χ3n) is 1.36. The lowest BCUT2D eigenvalue weighted by Gasteiger charge is -2.01. The van der Waals surface area contributed by atoms with Crippen molar-refractivity contribution in [3.05, 3.63) is 37.5 Å². The lowest BCUT2D eigenvalue weighted by atomic mass is 10.1. The first-order valence-corrected chi connectivity index (χ1v) is 5.37. The van der Waals surface area contributed by atoms with Crippen molar-refractivity contribution in [1.29, 1.82) is 0 Å². The Morgan fingerprint density at radius 1 is 1.18 bits per heavy atom. The van der Waals surface area contributed by atoms with Crippen LogP contribution in [0.4, 0.5) is 0 Å². The molecule has 0 aromatic heterocycles. The van der Waals surface area contributed by atoms with Crippen molar-refractivity contribution < 1.29 is 0 Å². The van der Waals surface area contributed by atoms with Gasteiger partial charge in [0, 0.05) is 7.14 Å². The predicted molar refractivity (Wildman–Crippen MR) is 66.6 cm³/mol. The van der Waals surface area contributed by atoms with E-state index < -0.39 is 0 Å². The average Bonchev–Trinajstić information content (AvgIpc) is 1.85. The van der Waals surface area contributed by atoms with Crippen LogP contribution in [0, 0.1) is 7.14 Å². The third-order valence-corrected chi connectivity index (χ3v) is 2.60. The second kappa shape index (κ2) is 3.89. The zero-order chi connectivity index (χ0) is 8.43. The zero-order valence-corrected chi connectivity index (χ0v) is 10.5. The van der Waals surface area contributed by atoms with Crippen molar-refractivity contribution in [2.24, 2.45) is 0 Å². The summed E-state index contributed by atoms with van der Waals surface area (Å²) < 4.78 is 2.54. The summed E-state index contributed by atoms with van der Waals surface area (Å²) in [6, 6.07) is 6.43. The highest BCUT2D eigenvalue weighted by atomic mass is 127. The van der Waals surface area contributed by atoms with Crippen LogP contribution in [0.1, 0.15) is 12.5 Å². The highest BCUT2D eigenvalue weighted by Gasteiger charge is 1.96. The topological polar surface area (TPSA) is 0 Å². The molecule has 0 N–H and O–H groups in total. The van der Waals surface area contributed by atoms with E-state index in [1.54, 1.807) is 0 Å². The Balaban J connectivity index is 3.19. The molecule has 0 fully saturated rings. The molecule has 0 radical (unpaired) electrons. The molecule has 0 aliphatic heterocycles. The van der Waals surface area contributed by atoms with Gasteiger partial charge < -0.3 is 0 Å². The van der Waals surface area contributed by atoms with Gasteiger partial charge in [-0.05, 0) is 75.9 Å². The van der Waals surface area contributed by atoms with Gasteiger partial charge in [0.25, 0.3) is 0 Å². The lowest BCUT2D eigenvalue weighted by molar-refractivity contribution is 1.51. The van der Waals surface area contributed by atoms with Gasteiger partial charge >= 0.3 is 0 Å². The molecule has 11 heavy (non-hydrogen) atoms. The Kier molecular flexibility index (Phi) is 3.36. The molecule has 0 spiro atoms. The second-order valence-corrected chi connectivity index (χ2v) is 4.93. The molecular formula is C9H8I2. The molecule has 0 aliphatic carbocycles. The Labute approximate surface area is 94.4 Å². The summed E-state index contributed by atoms with van der Waals surface area (Å²) in [7, 11) is 0. The number of benzene rings is 1. The Morgan fingerprint density at radius 3 is 2.00 bits per heavy atom. The lowest BCUT2D eigenvalue weighted by Crippen LogP contribution is -1.82. The van der Waals surface area contributed by atoms with E-state index in [2.05, 4.69) is 70.0 Å². The number of halogens is 2. The second-order valence-electron chi connectivity index (χ2n) is 2.44.